The van der Waals surface area contributed by atoms with Gasteiger partial charge in [-0.1, -0.05) is 34.6 Å². The van der Waals surface area contributed by atoms with Crippen molar-refractivity contribution >= 4 is 54.5 Å². The van der Waals surface area contributed by atoms with Crippen LogP contribution in [-0.2, 0) is 11.8 Å². The third-order valence-electron chi connectivity index (χ3n) is 6.64. The molecule has 0 saturated heterocycles. The number of nitrogens with zero attached hydrogens (tertiary/aromatic N) is 2. The van der Waals surface area contributed by atoms with Gasteiger partial charge in [0.25, 0.3) is 0 Å². The Labute approximate surface area is 202 Å². The quantitative estimate of drug-likeness (QED) is 0.260. The predicted octanol–water partition coefficient (Wildman–Crippen LogP) is 8.81. The van der Waals surface area contributed by atoms with E-state index in [2.05, 4.69) is 76.2 Å². The van der Waals surface area contributed by atoms with Gasteiger partial charge in [-0.05, 0) is 71.3 Å². The lowest BCUT2D eigenvalue weighted by Crippen LogP contribution is -2.11. The second-order valence-electron chi connectivity index (χ2n) is 10.7. The summed E-state index contributed by atoms with van der Waals surface area (Å²) in [7, 11) is 0. The molecule has 0 aliphatic heterocycles. The molecule has 2 aromatic carbocycles. The van der Waals surface area contributed by atoms with Gasteiger partial charge in [0.15, 0.2) is 0 Å². The number of benzene rings is 2. The molecule has 0 atom stereocenters. The fourth-order valence-electron chi connectivity index (χ4n) is 5.07. The Hall–Kier alpha value is -3.18. The molecular weight excluding hydrogens is 440 g/mol. The Morgan fingerprint density at radius 3 is 2.59 bits per heavy atom. The van der Waals surface area contributed by atoms with E-state index in [1.165, 1.54) is 21.2 Å². The summed E-state index contributed by atoms with van der Waals surface area (Å²) in [4.78, 5) is 9.28. The smallest absolute Gasteiger partial charge is 0.231 e. The number of furan rings is 2. The van der Waals surface area contributed by atoms with Gasteiger partial charge in [-0.3, -0.25) is 0 Å². The summed E-state index contributed by atoms with van der Waals surface area (Å²) < 4.78 is 13.9. The highest BCUT2D eigenvalue weighted by molar-refractivity contribution is 7.17. The van der Waals surface area contributed by atoms with Crippen molar-refractivity contribution < 1.29 is 8.83 Å². The SMILES string of the molecule is Cc1oc2c(ccc3oc4ncnc(-c5cc(C(C)(C)C)c6sccc6c5)c4c32)c1CC(C)C. The van der Waals surface area contributed by atoms with Crippen molar-refractivity contribution in [3.8, 4) is 11.3 Å². The monoisotopic (exact) mass is 468 g/mol. The number of hydrogen-bond acceptors (Lipinski definition) is 5. The zero-order chi connectivity index (χ0) is 23.8. The van der Waals surface area contributed by atoms with Crippen molar-refractivity contribution in [3.05, 3.63) is 58.9 Å². The molecule has 6 rings (SSSR count). The Morgan fingerprint density at radius 1 is 1.00 bits per heavy atom. The molecule has 0 unspecified atom stereocenters. The lowest BCUT2D eigenvalue weighted by molar-refractivity contribution is 0.562. The topological polar surface area (TPSA) is 52.1 Å². The first-order valence-corrected chi connectivity index (χ1v) is 12.7. The van der Waals surface area contributed by atoms with E-state index in [-0.39, 0.29) is 5.41 Å². The molecular formula is C29H28N2O2S. The molecule has 0 aliphatic carbocycles. The van der Waals surface area contributed by atoms with E-state index in [1.54, 1.807) is 17.7 Å². The zero-order valence-electron chi connectivity index (χ0n) is 20.4. The highest BCUT2D eigenvalue weighted by Gasteiger charge is 2.24. The number of fused-ring (bicyclic) bond motifs is 6. The van der Waals surface area contributed by atoms with Crippen molar-refractivity contribution in [3.63, 3.8) is 0 Å². The van der Waals surface area contributed by atoms with E-state index in [0.29, 0.717) is 11.6 Å². The van der Waals surface area contributed by atoms with Crippen LogP contribution in [0.2, 0.25) is 0 Å². The largest absolute Gasteiger partial charge is 0.460 e. The van der Waals surface area contributed by atoms with Crippen LogP contribution in [0.15, 0.2) is 50.9 Å². The van der Waals surface area contributed by atoms with E-state index in [0.717, 1.165) is 50.8 Å². The normalized spacial score (nSPS) is 12.8. The summed E-state index contributed by atoms with van der Waals surface area (Å²) in [5.41, 5.74) is 6.82. The summed E-state index contributed by atoms with van der Waals surface area (Å²) in [5.74, 6) is 1.52. The maximum atomic E-state index is 6.39. The van der Waals surface area contributed by atoms with Crippen LogP contribution in [0.5, 0.6) is 0 Å². The van der Waals surface area contributed by atoms with Gasteiger partial charge >= 0.3 is 0 Å². The van der Waals surface area contributed by atoms with E-state index in [4.69, 9.17) is 13.8 Å². The Bertz CT molecular complexity index is 1710. The van der Waals surface area contributed by atoms with E-state index in [9.17, 15) is 0 Å². The van der Waals surface area contributed by atoms with Crippen molar-refractivity contribution in [1.82, 2.24) is 9.97 Å². The zero-order valence-corrected chi connectivity index (χ0v) is 21.3. The molecule has 4 nitrogen and oxygen atoms in total. The molecule has 0 bridgehead atoms. The molecule has 4 heterocycles. The van der Waals surface area contributed by atoms with Crippen molar-refractivity contribution in [2.75, 3.05) is 0 Å². The molecule has 4 aromatic heterocycles. The Kier molecular flexibility index (Phi) is 4.65. The van der Waals surface area contributed by atoms with Gasteiger partial charge in [0, 0.05) is 21.2 Å². The molecule has 0 N–H and O–H groups in total. The van der Waals surface area contributed by atoms with Gasteiger partial charge in [-0.15, -0.1) is 11.3 Å². The molecule has 0 amide bonds. The summed E-state index contributed by atoms with van der Waals surface area (Å²) in [6.07, 6.45) is 2.58. The average molecular weight is 469 g/mol. The maximum Gasteiger partial charge on any atom is 0.231 e. The van der Waals surface area contributed by atoms with E-state index in [1.807, 2.05) is 6.07 Å². The summed E-state index contributed by atoms with van der Waals surface area (Å²) >= 11 is 1.80. The first-order valence-electron chi connectivity index (χ1n) is 11.8. The van der Waals surface area contributed by atoms with Crippen LogP contribution in [0.25, 0.3) is 54.4 Å². The standard InChI is InChI=1S/C29H28N2O2S/c1-15(2)11-20-16(3)32-26-19(20)7-8-22-23(26)24-25(30-14-31-28(24)33-22)18-12-17-9-10-34-27(17)21(13-18)29(4,5)6/h7-10,12-15H,11H2,1-6H3. The van der Waals surface area contributed by atoms with Gasteiger partial charge < -0.3 is 8.83 Å². The van der Waals surface area contributed by atoms with Crippen LogP contribution in [-0.4, -0.2) is 9.97 Å². The molecule has 172 valence electrons. The van der Waals surface area contributed by atoms with Gasteiger partial charge in [0.2, 0.25) is 5.71 Å². The van der Waals surface area contributed by atoms with Crippen LogP contribution in [0.3, 0.4) is 0 Å². The maximum absolute atomic E-state index is 6.39. The summed E-state index contributed by atoms with van der Waals surface area (Å²) in [6, 6.07) is 10.9. The highest BCUT2D eigenvalue weighted by Crippen LogP contribution is 2.43. The summed E-state index contributed by atoms with van der Waals surface area (Å²) in [5, 5.41) is 6.44. The molecule has 6 aromatic rings. The number of thiophene rings is 1. The van der Waals surface area contributed by atoms with Gasteiger partial charge in [-0.2, -0.15) is 0 Å². The van der Waals surface area contributed by atoms with Crippen LogP contribution in [0, 0.1) is 12.8 Å². The van der Waals surface area contributed by atoms with E-state index < -0.39 is 0 Å². The lowest BCUT2D eigenvalue weighted by Gasteiger charge is -2.21. The van der Waals surface area contributed by atoms with Gasteiger partial charge in [0.05, 0.1) is 16.5 Å². The van der Waals surface area contributed by atoms with Crippen LogP contribution in [0.4, 0.5) is 0 Å². The molecule has 0 fully saturated rings. The van der Waals surface area contributed by atoms with Crippen LogP contribution < -0.4 is 0 Å². The van der Waals surface area contributed by atoms with Crippen molar-refractivity contribution in [1.29, 1.82) is 0 Å². The number of rotatable bonds is 3. The second kappa shape index (κ2) is 7.41. The average Bonchev–Trinajstić information content (AvgIpc) is 3.47. The molecule has 0 spiro atoms. The minimum atomic E-state index is 0.0147. The van der Waals surface area contributed by atoms with Crippen LogP contribution >= 0.6 is 11.3 Å². The van der Waals surface area contributed by atoms with Gasteiger partial charge in [-0.25, -0.2) is 9.97 Å². The fraction of sp³-hybridized carbons (Fsp3) is 0.310. The molecule has 0 radical (unpaired) electrons. The molecule has 5 heteroatoms. The number of aromatic nitrogens is 2. The molecule has 0 saturated carbocycles. The Morgan fingerprint density at radius 2 is 1.82 bits per heavy atom. The van der Waals surface area contributed by atoms with Crippen molar-refractivity contribution in [2.24, 2.45) is 5.92 Å². The predicted molar refractivity (Wildman–Crippen MR) is 142 cm³/mol. The number of hydrogen-bond donors (Lipinski definition) is 0. The molecule has 34 heavy (non-hydrogen) atoms. The first kappa shape index (κ1) is 21.4. The fourth-order valence-corrected chi connectivity index (χ4v) is 6.17. The molecule has 0 aliphatic rings. The number of aryl methyl sites for hydroxylation is 1. The summed E-state index contributed by atoms with van der Waals surface area (Å²) in [6.45, 7) is 13.3. The minimum absolute atomic E-state index is 0.0147. The minimum Gasteiger partial charge on any atom is -0.460 e. The van der Waals surface area contributed by atoms with E-state index >= 15 is 0 Å². The lowest BCUT2D eigenvalue weighted by atomic mass is 9.85. The third-order valence-corrected chi connectivity index (χ3v) is 7.60. The highest BCUT2D eigenvalue weighted by atomic mass is 32.1. The van der Waals surface area contributed by atoms with Crippen molar-refractivity contribution in [2.45, 2.75) is 53.4 Å². The van der Waals surface area contributed by atoms with Gasteiger partial charge in [0.1, 0.15) is 23.3 Å². The second-order valence-corrected chi connectivity index (χ2v) is 11.6. The Balaban J connectivity index is 1.71. The third kappa shape index (κ3) is 3.17. The first-order chi connectivity index (χ1) is 16.2. The van der Waals surface area contributed by atoms with Crippen LogP contribution in [0.1, 0.15) is 51.5 Å².